The van der Waals surface area contributed by atoms with Crippen molar-refractivity contribution in [1.29, 1.82) is 0 Å². The van der Waals surface area contributed by atoms with E-state index >= 15 is 0 Å². The van der Waals surface area contributed by atoms with Crippen LogP contribution in [-0.4, -0.2) is 19.3 Å². The van der Waals surface area contributed by atoms with Gasteiger partial charge in [0.2, 0.25) is 5.75 Å². The van der Waals surface area contributed by atoms with Crippen molar-refractivity contribution < 1.29 is 19.0 Å². The summed E-state index contributed by atoms with van der Waals surface area (Å²) in [4.78, 5) is 0. The maximum atomic E-state index is 9.58. The molecular weight excluding hydrogens is 280 g/mol. The normalized spacial score (nSPS) is 10.9. The lowest BCUT2D eigenvalue weighted by molar-refractivity contribution is 0.282. The van der Waals surface area contributed by atoms with Crippen molar-refractivity contribution in [2.24, 2.45) is 0 Å². The zero-order valence-corrected chi connectivity index (χ0v) is 12.6. The number of aliphatic hydroxyl groups excluding tert-OH is 1. The van der Waals surface area contributed by atoms with E-state index in [0.29, 0.717) is 23.5 Å². The number of ether oxygens (including phenoxy) is 2. The zero-order chi connectivity index (χ0) is 15.5. The minimum atomic E-state index is -0.0822. The lowest BCUT2D eigenvalue weighted by atomic mass is 10.1. The molecule has 0 bridgehead atoms. The molecule has 2 aromatic carbocycles. The fraction of sp³-hybridized carbons (Fsp3) is 0.222. The third-order valence-electron chi connectivity index (χ3n) is 3.68. The standard InChI is InChI=1S/C18H18O4/c1-20-16-9-13(11-19)15-10-14(22-17(15)18(16)21-2)8-12-6-4-3-5-7-12/h3-7,9-10,19H,8,11H2,1-2H3. The number of benzene rings is 2. The predicted molar refractivity (Wildman–Crippen MR) is 84.5 cm³/mol. The Labute approximate surface area is 128 Å². The summed E-state index contributed by atoms with van der Waals surface area (Å²) >= 11 is 0. The molecule has 0 amide bonds. The molecule has 4 heteroatoms. The molecule has 4 nitrogen and oxygen atoms in total. The summed E-state index contributed by atoms with van der Waals surface area (Å²) in [5, 5.41) is 10.4. The highest BCUT2D eigenvalue weighted by atomic mass is 16.5. The second kappa shape index (κ2) is 6.12. The van der Waals surface area contributed by atoms with E-state index in [2.05, 4.69) is 12.1 Å². The Morgan fingerprint density at radius 1 is 1.05 bits per heavy atom. The number of furan rings is 1. The molecule has 0 fully saturated rings. The van der Waals surface area contributed by atoms with Gasteiger partial charge in [-0.15, -0.1) is 0 Å². The van der Waals surface area contributed by atoms with E-state index in [-0.39, 0.29) is 6.61 Å². The second-order valence-corrected chi connectivity index (χ2v) is 5.05. The molecule has 1 aromatic heterocycles. The first-order chi connectivity index (χ1) is 10.8. The van der Waals surface area contributed by atoms with Gasteiger partial charge in [0.25, 0.3) is 0 Å². The minimum absolute atomic E-state index is 0.0822. The Kier molecular flexibility index (Phi) is 4.02. The summed E-state index contributed by atoms with van der Waals surface area (Å²) in [7, 11) is 3.15. The summed E-state index contributed by atoms with van der Waals surface area (Å²) < 4.78 is 16.7. The maximum absolute atomic E-state index is 9.58. The van der Waals surface area contributed by atoms with E-state index in [0.717, 1.165) is 22.3 Å². The average molecular weight is 298 g/mol. The van der Waals surface area contributed by atoms with Crippen molar-refractivity contribution in [3.05, 3.63) is 59.4 Å². The van der Waals surface area contributed by atoms with Crippen LogP contribution in [0.5, 0.6) is 11.5 Å². The lowest BCUT2D eigenvalue weighted by Crippen LogP contribution is -1.94. The third-order valence-corrected chi connectivity index (χ3v) is 3.68. The first-order valence-corrected chi connectivity index (χ1v) is 7.08. The Morgan fingerprint density at radius 2 is 1.82 bits per heavy atom. The molecule has 0 saturated heterocycles. The smallest absolute Gasteiger partial charge is 0.204 e. The molecule has 1 N–H and O–H groups in total. The van der Waals surface area contributed by atoms with Gasteiger partial charge >= 0.3 is 0 Å². The van der Waals surface area contributed by atoms with Crippen molar-refractivity contribution in [3.8, 4) is 11.5 Å². The van der Waals surface area contributed by atoms with Gasteiger partial charge in [-0.05, 0) is 23.3 Å². The summed E-state index contributed by atoms with van der Waals surface area (Å²) in [5.74, 6) is 1.93. The van der Waals surface area contributed by atoms with Crippen molar-refractivity contribution in [3.63, 3.8) is 0 Å². The molecule has 0 aliphatic rings. The van der Waals surface area contributed by atoms with Crippen LogP contribution in [0.1, 0.15) is 16.9 Å². The molecule has 3 aromatic rings. The SMILES string of the molecule is COc1cc(CO)c2cc(Cc3ccccc3)oc2c1OC. The van der Waals surface area contributed by atoms with Crippen LogP contribution in [0.3, 0.4) is 0 Å². The summed E-state index contributed by atoms with van der Waals surface area (Å²) in [6.07, 6.45) is 0.686. The predicted octanol–water partition coefficient (Wildman–Crippen LogP) is 3.53. The fourth-order valence-corrected chi connectivity index (χ4v) is 2.62. The van der Waals surface area contributed by atoms with Crippen molar-refractivity contribution in [2.45, 2.75) is 13.0 Å². The van der Waals surface area contributed by atoms with Crippen molar-refractivity contribution >= 4 is 11.0 Å². The van der Waals surface area contributed by atoms with E-state index in [9.17, 15) is 5.11 Å². The Bertz CT molecular complexity index is 775. The fourth-order valence-electron chi connectivity index (χ4n) is 2.62. The van der Waals surface area contributed by atoms with Gasteiger partial charge in [0, 0.05) is 11.8 Å². The van der Waals surface area contributed by atoms with Crippen LogP contribution >= 0.6 is 0 Å². The average Bonchev–Trinajstić information content (AvgIpc) is 2.97. The van der Waals surface area contributed by atoms with E-state index in [1.54, 1.807) is 20.3 Å². The molecule has 0 spiro atoms. The number of fused-ring (bicyclic) bond motifs is 1. The van der Waals surface area contributed by atoms with E-state index in [1.165, 1.54) is 0 Å². The van der Waals surface area contributed by atoms with Gasteiger partial charge in [0.1, 0.15) is 5.76 Å². The molecule has 0 atom stereocenters. The maximum Gasteiger partial charge on any atom is 0.204 e. The van der Waals surface area contributed by atoms with Gasteiger partial charge in [0.05, 0.1) is 20.8 Å². The Morgan fingerprint density at radius 3 is 2.45 bits per heavy atom. The number of methoxy groups -OCH3 is 2. The van der Waals surface area contributed by atoms with Crippen LogP contribution in [0.25, 0.3) is 11.0 Å². The first-order valence-electron chi connectivity index (χ1n) is 7.08. The van der Waals surface area contributed by atoms with Crippen LogP contribution in [0.2, 0.25) is 0 Å². The summed E-state index contributed by atoms with van der Waals surface area (Å²) in [6.45, 7) is -0.0822. The molecule has 114 valence electrons. The molecule has 22 heavy (non-hydrogen) atoms. The van der Waals surface area contributed by atoms with E-state index in [1.807, 2.05) is 24.3 Å². The molecule has 0 unspecified atom stereocenters. The molecule has 0 aliphatic carbocycles. The highest BCUT2D eigenvalue weighted by Gasteiger charge is 2.18. The minimum Gasteiger partial charge on any atom is -0.493 e. The number of hydrogen-bond acceptors (Lipinski definition) is 4. The highest BCUT2D eigenvalue weighted by molar-refractivity contribution is 5.89. The van der Waals surface area contributed by atoms with E-state index < -0.39 is 0 Å². The largest absolute Gasteiger partial charge is 0.493 e. The van der Waals surface area contributed by atoms with Gasteiger partial charge in [-0.1, -0.05) is 30.3 Å². The molecule has 0 radical (unpaired) electrons. The topological polar surface area (TPSA) is 51.8 Å². The van der Waals surface area contributed by atoms with Gasteiger partial charge in [-0.3, -0.25) is 0 Å². The number of aliphatic hydroxyl groups is 1. The van der Waals surface area contributed by atoms with Crippen LogP contribution in [-0.2, 0) is 13.0 Å². The van der Waals surface area contributed by atoms with Crippen molar-refractivity contribution in [2.75, 3.05) is 14.2 Å². The molecule has 0 aliphatic heterocycles. The lowest BCUT2D eigenvalue weighted by Gasteiger charge is -2.09. The molecule has 1 heterocycles. The summed E-state index contributed by atoms with van der Waals surface area (Å²) in [5.41, 5.74) is 2.53. The summed E-state index contributed by atoms with van der Waals surface area (Å²) in [6, 6.07) is 13.8. The Hall–Kier alpha value is -2.46. The van der Waals surface area contributed by atoms with Gasteiger partial charge < -0.3 is 19.0 Å². The number of hydrogen-bond donors (Lipinski definition) is 1. The Balaban J connectivity index is 2.11. The first kappa shape index (κ1) is 14.5. The third kappa shape index (κ3) is 2.53. The van der Waals surface area contributed by atoms with Crippen LogP contribution < -0.4 is 9.47 Å². The zero-order valence-electron chi connectivity index (χ0n) is 12.6. The van der Waals surface area contributed by atoms with Crippen LogP contribution in [0, 0.1) is 0 Å². The van der Waals surface area contributed by atoms with Gasteiger partial charge in [0.15, 0.2) is 11.3 Å². The highest BCUT2D eigenvalue weighted by Crippen LogP contribution is 2.40. The van der Waals surface area contributed by atoms with Crippen molar-refractivity contribution in [1.82, 2.24) is 0 Å². The van der Waals surface area contributed by atoms with Crippen LogP contribution in [0.4, 0.5) is 0 Å². The van der Waals surface area contributed by atoms with E-state index in [4.69, 9.17) is 13.9 Å². The quantitative estimate of drug-likeness (QED) is 0.783. The molecule has 3 rings (SSSR count). The monoisotopic (exact) mass is 298 g/mol. The molecular formula is C18H18O4. The number of rotatable bonds is 5. The van der Waals surface area contributed by atoms with Gasteiger partial charge in [-0.2, -0.15) is 0 Å². The van der Waals surface area contributed by atoms with Crippen LogP contribution in [0.15, 0.2) is 46.9 Å². The van der Waals surface area contributed by atoms with Gasteiger partial charge in [-0.25, -0.2) is 0 Å². The second-order valence-electron chi connectivity index (χ2n) is 5.05. The molecule has 0 saturated carbocycles.